The van der Waals surface area contributed by atoms with E-state index in [9.17, 15) is 18.0 Å². The van der Waals surface area contributed by atoms with Crippen molar-refractivity contribution in [1.82, 2.24) is 4.90 Å². The summed E-state index contributed by atoms with van der Waals surface area (Å²) in [6.45, 7) is 2.18. The highest BCUT2D eigenvalue weighted by Crippen LogP contribution is 2.16. The second-order valence-electron chi connectivity index (χ2n) is 4.66. The van der Waals surface area contributed by atoms with E-state index < -0.39 is 33.7 Å². The van der Waals surface area contributed by atoms with Gasteiger partial charge in [0.1, 0.15) is 0 Å². The monoisotopic (exact) mass is 278 g/mol. The molecule has 1 heterocycles. The average molecular weight is 278 g/mol. The number of sulfone groups is 1. The molecule has 18 heavy (non-hydrogen) atoms. The average Bonchev–Trinajstić information content (AvgIpc) is 2.20. The maximum absolute atomic E-state index is 11.5. The Kier molecular flexibility index (Phi) is 4.69. The lowest BCUT2D eigenvalue weighted by Crippen LogP contribution is -2.51. The Bertz CT molecular complexity index is 434. The maximum Gasteiger partial charge on any atom is 0.304 e. The summed E-state index contributed by atoms with van der Waals surface area (Å²) in [5.41, 5.74) is 5.15. The van der Waals surface area contributed by atoms with Gasteiger partial charge in [-0.05, 0) is 0 Å². The van der Waals surface area contributed by atoms with Gasteiger partial charge >= 0.3 is 5.97 Å². The summed E-state index contributed by atoms with van der Waals surface area (Å²) in [6, 6.07) is -0.581. The number of aliphatic carboxylic acids is 1. The molecule has 0 aromatic rings. The fourth-order valence-electron chi connectivity index (χ4n) is 1.99. The zero-order valence-corrected chi connectivity index (χ0v) is 11.0. The minimum atomic E-state index is -3.19. The van der Waals surface area contributed by atoms with Crippen molar-refractivity contribution in [2.24, 2.45) is 11.7 Å². The topological polar surface area (TPSA) is 118 Å². The van der Waals surface area contributed by atoms with Crippen molar-refractivity contribution < 1.29 is 23.1 Å². The molecule has 0 bridgehead atoms. The van der Waals surface area contributed by atoms with Gasteiger partial charge in [-0.1, -0.05) is 6.92 Å². The summed E-state index contributed by atoms with van der Waals surface area (Å²) >= 11 is 0. The SMILES string of the molecule is CC(CN1CCS(=O)(=O)CC1CC(=O)O)C(N)=O. The molecule has 1 saturated heterocycles. The first-order valence-electron chi connectivity index (χ1n) is 5.67. The molecule has 1 aliphatic rings. The van der Waals surface area contributed by atoms with Crippen LogP contribution in [0.3, 0.4) is 0 Å². The van der Waals surface area contributed by atoms with Crippen molar-refractivity contribution in [1.29, 1.82) is 0 Å². The molecule has 1 amide bonds. The molecule has 2 atom stereocenters. The minimum Gasteiger partial charge on any atom is -0.481 e. The Balaban J connectivity index is 2.75. The molecule has 8 heteroatoms. The highest BCUT2D eigenvalue weighted by molar-refractivity contribution is 7.91. The molecular weight excluding hydrogens is 260 g/mol. The van der Waals surface area contributed by atoms with Gasteiger partial charge in [-0.25, -0.2) is 8.42 Å². The van der Waals surface area contributed by atoms with Crippen LogP contribution < -0.4 is 5.73 Å². The third-order valence-corrected chi connectivity index (χ3v) is 4.75. The smallest absolute Gasteiger partial charge is 0.304 e. The maximum atomic E-state index is 11.5. The van der Waals surface area contributed by atoms with E-state index in [1.807, 2.05) is 0 Å². The van der Waals surface area contributed by atoms with Crippen LogP contribution in [-0.2, 0) is 19.4 Å². The van der Waals surface area contributed by atoms with Gasteiger partial charge in [-0.3, -0.25) is 14.5 Å². The van der Waals surface area contributed by atoms with E-state index in [2.05, 4.69) is 0 Å². The van der Waals surface area contributed by atoms with Crippen LogP contribution in [0.5, 0.6) is 0 Å². The normalized spacial score (nSPS) is 25.5. The number of amides is 1. The lowest BCUT2D eigenvalue weighted by molar-refractivity contribution is -0.138. The second-order valence-corrected chi connectivity index (χ2v) is 6.89. The largest absolute Gasteiger partial charge is 0.481 e. The number of rotatable bonds is 5. The van der Waals surface area contributed by atoms with E-state index in [1.165, 1.54) is 0 Å². The van der Waals surface area contributed by atoms with Crippen LogP contribution in [0, 0.1) is 5.92 Å². The molecule has 0 radical (unpaired) electrons. The van der Waals surface area contributed by atoms with E-state index in [1.54, 1.807) is 11.8 Å². The number of nitrogens with two attached hydrogens (primary N) is 1. The van der Waals surface area contributed by atoms with E-state index in [0.717, 1.165) is 0 Å². The van der Waals surface area contributed by atoms with Crippen LogP contribution in [0.2, 0.25) is 0 Å². The molecule has 104 valence electrons. The quantitative estimate of drug-likeness (QED) is 0.644. The van der Waals surface area contributed by atoms with E-state index >= 15 is 0 Å². The number of carbonyl (C=O) groups excluding carboxylic acids is 1. The molecule has 0 aromatic carbocycles. The van der Waals surface area contributed by atoms with Crippen LogP contribution in [0.4, 0.5) is 0 Å². The van der Waals surface area contributed by atoms with Crippen molar-refractivity contribution in [3.05, 3.63) is 0 Å². The molecule has 0 aromatic heterocycles. The first-order valence-corrected chi connectivity index (χ1v) is 7.49. The van der Waals surface area contributed by atoms with Gasteiger partial charge in [0.15, 0.2) is 9.84 Å². The lowest BCUT2D eigenvalue weighted by atomic mass is 10.1. The lowest BCUT2D eigenvalue weighted by Gasteiger charge is -2.35. The van der Waals surface area contributed by atoms with E-state index in [0.29, 0.717) is 6.54 Å². The van der Waals surface area contributed by atoms with Crippen LogP contribution in [0.15, 0.2) is 0 Å². The van der Waals surface area contributed by atoms with Crippen molar-refractivity contribution >= 4 is 21.7 Å². The van der Waals surface area contributed by atoms with Crippen molar-refractivity contribution in [2.45, 2.75) is 19.4 Å². The van der Waals surface area contributed by atoms with Gasteiger partial charge in [0.25, 0.3) is 0 Å². The highest BCUT2D eigenvalue weighted by Gasteiger charge is 2.33. The Morgan fingerprint density at radius 1 is 1.50 bits per heavy atom. The van der Waals surface area contributed by atoms with Gasteiger partial charge in [-0.2, -0.15) is 0 Å². The third-order valence-electron chi connectivity index (χ3n) is 3.06. The molecule has 0 spiro atoms. The number of hydrogen-bond donors (Lipinski definition) is 2. The standard InChI is InChI=1S/C10H18N2O5S/c1-7(10(11)15)5-12-2-3-18(16,17)6-8(12)4-9(13)14/h7-8H,2-6H2,1H3,(H2,11,15)(H,13,14). The zero-order chi connectivity index (χ0) is 13.9. The number of primary amides is 1. The first-order chi connectivity index (χ1) is 8.21. The first kappa shape index (κ1) is 14.9. The predicted molar refractivity (Wildman–Crippen MR) is 64.6 cm³/mol. The molecule has 1 rings (SSSR count). The molecule has 1 fully saturated rings. The highest BCUT2D eigenvalue weighted by atomic mass is 32.2. The molecule has 1 aliphatic heterocycles. The molecule has 7 nitrogen and oxygen atoms in total. The number of carbonyl (C=O) groups is 2. The number of carboxylic acid groups (broad SMARTS) is 1. The Morgan fingerprint density at radius 3 is 2.61 bits per heavy atom. The fraction of sp³-hybridized carbons (Fsp3) is 0.800. The summed E-state index contributed by atoms with van der Waals surface area (Å²) in [5.74, 6) is -2.13. The molecular formula is C10H18N2O5S. The summed E-state index contributed by atoms with van der Waals surface area (Å²) in [6.07, 6.45) is -0.245. The van der Waals surface area contributed by atoms with Gasteiger partial charge in [0.05, 0.1) is 17.9 Å². The van der Waals surface area contributed by atoms with Gasteiger partial charge in [0.2, 0.25) is 5.91 Å². The molecule has 2 unspecified atom stereocenters. The van der Waals surface area contributed by atoms with Crippen molar-refractivity contribution in [2.75, 3.05) is 24.6 Å². The minimum absolute atomic E-state index is 0.00536. The summed E-state index contributed by atoms with van der Waals surface area (Å²) in [7, 11) is -3.19. The van der Waals surface area contributed by atoms with Crippen LogP contribution in [0.25, 0.3) is 0 Å². The number of nitrogens with zero attached hydrogens (tertiary/aromatic N) is 1. The van der Waals surface area contributed by atoms with Crippen LogP contribution in [-0.4, -0.2) is 60.9 Å². The Morgan fingerprint density at radius 2 is 2.11 bits per heavy atom. The Labute approximate surface area is 106 Å². The predicted octanol–water partition coefficient (Wildman–Crippen LogP) is -1.32. The fourth-order valence-corrected chi connectivity index (χ4v) is 3.59. The van der Waals surface area contributed by atoms with E-state index in [4.69, 9.17) is 10.8 Å². The van der Waals surface area contributed by atoms with Gasteiger partial charge in [-0.15, -0.1) is 0 Å². The van der Waals surface area contributed by atoms with Gasteiger partial charge < -0.3 is 10.8 Å². The Hall–Kier alpha value is -1.15. The summed E-state index contributed by atoms with van der Waals surface area (Å²) in [5, 5.41) is 8.78. The van der Waals surface area contributed by atoms with Gasteiger partial charge in [0, 0.05) is 25.0 Å². The van der Waals surface area contributed by atoms with E-state index in [-0.39, 0.29) is 24.5 Å². The summed E-state index contributed by atoms with van der Waals surface area (Å²) < 4.78 is 23.0. The van der Waals surface area contributed by atoms with Crippen LogP contribution in [0.1, 0.15) is 13.3 Å². The van der Waals surface area contributed by atoms with Crippen LogP contribution >= 0.6 is 0 Å². The molecule has 0 aliphatic carbocycles. The third kappa shape index (κ3) is 4.26. The number of carboxylic acids is 1. The van der Waals surface area contributed by atoms with Crippen molar-refractivity contribution in [3.8, 4) is 0 Å². The second kappa shape index (κ2) is 5.66. The molecule has 0 saturated carbocycles. The number of hydrogen-bond acceptors (Lipinski definition) is 5. The van der Waals surface area contributed by atoms with Crippen molar-refractivity contribution in [3.63, 3.8) is 0 Å². The zero-order valence-electron chi connectivity index (χ0n) is 10.2. The molecule has 3 N–H and O–H groups in total. The summed E-state index contributed by atoms with van der Waals surface area (Å²) in [4.78, 5) is 23.4.